The minimum Gasteiger partial charge on any atom is -0.333 e. The molecule has 0 aliphatic carbocycles. The number of carbonyl (C=O) groups excluding carboxylic acids is 2. The van der Waals surface area contributed by atoms with Crippen LogP contribution in [-0.2, 0) is 4.79 Å². The second kappa shape index (κ2) is 5.48. The highest BCUT2D eigenvalue weighted by molar-refractivity contribution is 7.99. The molecule has 1 fully saturated rings. The van der Waals surface area contributed by atoms with Crippen molar-refractivity contribution in [2.24, 2.45) is 0 Å². The summed E-state index contributed by atoms with van der Waals surface area (Å²) < 4.78 is 0. The van der Waals surface area contributed by atoms with Crippen LogP contribution in [0.25, 0.3) is 11.0 Å². The van der Waals surface area contributed by atoms with Crippen molar-refractivity contribution in [2.75, 3.05) is 12.3 Å². The maximum Gasteiger partial charge on any atom is 0.325 e. The number of nitrogens with zero attached hydrogens (tertiary/aromatic N) is 2. The van der Waals surface area contributed by atoms with E-state index < -0.39 is 5.54 Å². The molecule has 1 saturated heterocycles. The number of amides is 3. The van der Waals surface area contributed by atoms with Crippen LogP contribution in [-0.4, -0.2) is 44.6 Å². The Morgan fingerprint density at radius 3 is 2.82 bits per heavy atom. The van der Waals surface area contributed by atoms with Gasteiger partial charge in [0.1, 0.15) is 5.54 Å². The number of fused-ring (bicyclic) bond motifs is 1. The molecule has 3 amide bonds. The zero-order valence-electron chi connectivity index (χ0n) is 12.1. The Hall–Kier alpha value is -1.73. The highest BCUT2D eigenvalue weighted by atomic mass is 35.5. The molecule has 6 nitrogen and oxygen atoms in total. The van der Waals surface area contributed by atoms with Gasteiger partial charge in [0.2, 0.25) is 0 Å². The van der Waals surface area contributed by atoms with Gasteiger partial charge in [0.15, 0.2) is 5.16 Å². The van der Waals surface area contributed by atoms with E-state index in [1.54, 1.807) is 19.9 Å². The van der Waals surface area contributed by atoms with Crippen LogP contribution < -0.4 is 5.32 Å². The zero-order chi connectivity index (χ0) is 15.9. The summed E-state index contributed by atoms with van der Waals surface area (Å²) in [7, 11) is 0. The first kappa shape index (κ1) is 15.2. The molecule has 2 heterocycles. The van der Waals surface area contributed by atoms with Crippen LogP contribution in [0.3, 0.4) is 0 Å². The van der Waals surface area contributed by atoms with Crippen molar-refractivity contribution in [3.63, 3.8) is 0 Å². The molecular formula is C14H15ClN4O2S. The molecule has 3 rings (SSSR count). The van der Waals surface area contributed by atoms with Crippen molar-refractivity contribution in [1.29, 1.82) is 0 Å². The van der Waals surface area contributed by atoms with E-state index in [1.807, 2.05) is 12.1 Å². The quantitative estimate of drug-likeness (QED) is 0.663. The molecule has 1 aliphatic rings. The minimum atomic E-state index is -0.822. The van der Waals surface area contributed by atoms with Gasteiger partial charge in [-0.2, -0.15) is 0 Å². The smallest absolute Gasteiger partial charge is 0.325 e. The predicted molar refractivity (Wildman–Crippen MR) is 86.2 cm³/mol. The molecule has 1 aromatic carbocycles. The maximum atomic E-state index is 12.1. The molecule has 0 radical (unpaired) electrons. The van der Waals surface area contributed by atoms with Gasteiger partial charge in [-0.1, -0.05) is 23.4 Å². The minimum absolute atomic E-state index is 0.200. The molecule has 1 aromatic heterocycles. The lowest BCUT2D eigenvalue weighted by atomic mass is 10.1. The maximum absolute atomic E-state index is 12.1. The Bertz CT molecular complexity index is 758. The number of nitrogens with one attached hydrogen (secondary N) is 2. The van der Waals surface area contributed by atoms with E-state index >= 15 is 0 Å². The molecule has 116 valence electrons. The summed E-state index contributed by atoms with van der Waals surface area (Å²) in [4.78, 5) is 32.7. The number of aromatic amines is 1. The molecule has 22 heavy (non-hydrogen) atoms. The molecule has 0 bridgehead atoms. The lowest BCUT2D eigenvalue weighted by Crippen LogP contribution is -2.40. The average Bonchev–Trinajstić information content (AvgIpc) is 2.91. The molecule has 1 aliphatic heterocycles. The number of hydrogen-bond acceptors (Lipinski definition) is 4. The van der Waals surface area contributed by atoms with Crippen LogP contribution in [0.15, 0.2) is 23.4 Å². The Morgan fingerprint density at radius 1 is 1.36 bits per heavy atom. The fourth-order valence-corrected chi connectivity index (χ4v) is 3.27. The Kier molecular flexibility index (Phi) is 3.78. The van der Waals surface area contributed by atoms with Gasteiger partial charge in [-0.3, -0.25) is 9.69 Å². The van der Waals surface area contributed by atoms with Crippen LogP contribution in [0.1, 0.15) is 13.8 Å². The fraction of sp³-hybridized carbons (Fsp3) is 0.357. The Balaban J connectivity index is 1.63. The molecule has 0 atom stereocenters. The molecule has 8 heteroatoms. The third-order valence-corrected chi connectivity index (χ3v) is 4.51. The summed E-state index contributed by atoms with van der Waals surface area (Å²) in [6, 6.07) is 5.10. The number of halogens is 1. The van der Waals surface area contributed by atoms with Crippen molar-refractivity contribution >= 4 is 46.3 Å². The van der Waals surface area contributed by atoms with E-state index in [0.29, 0.717) is 17.3 Å². The summed E-state index contributed by atoms with van der Waals surface area (Å²) >= 11 is 7.39. The SMILES string of the molecule is CC1(C)NC(=O)N(CCSc2nc3ccc(Cl)cc3[nH]2)C1=O. The number of imidazole rings is 1. The molecule has 0 spiro atoms. The van der Waals surface area contributed by atoms with E-state index in [9.17, 15) is 9.59 Å². The first-order chi connectivity index (χ1) is 10.4. The first-order valence-corrected chi connectivity index (χ1v) is 8.15. The van der Waals surface area contributed by atoms with Crippen molar-refractivity contribution in [2.45, 2.75) is 24.5 Å². The van der Waals surface area contributed by atoms with Crippen molar-refractivity contribution in [3.05, 3.63) is 23.2 Å². The Labute approximate surface area is 136 Å². The van der Waals surface area contributed by atoms with Gasteiger partial charge in [0.05, 0.1) is 11.0 Å². The largest absolute Gasteiger partial charge is 0.333 e. The number of thioether (sulfide) groups is 1. The number of rotatable bonds is 4. The summed E-state index contributed by atoms with van der Waals surface area (Å²) in [5, 5.41) is 4.05. The average molecular weight is 339 g/mol. The summed E-state index contributed by atoms with van der Waals surface area (Å²) in [6.07, 6.45) is 0. The number of hydrogen-bond donors (Lipinski definition) is 2. The van der Waals surface area contributed by atoms with E-state index in [1.165, 1.54) is 16.7 Å². The summed E-state index contributed by atoms with van der Waals surface area (Å²) in [5.74, 6) is 0.373. The van der Waals surface area contributed by atoms with Crippen LogP contribution in [0.2, 0.25) is 5.02 Å². The van der Waals surface area contributed by atoms with Crippen LogP contribution in [0.4, 0.5) is 4.79 Å². The molecular weight excluding hydrogens is 324 g/mol. The molecule has 2 N–H and O–H groups in total. The number of aromatic nitrogens is 2. The summed E-state index contributed by atoms with van der Waals surface area (Å²) in [6.45, 7) is 3.74. The third-order valence-electron chi connectivity index (χ3n) is 3.42. The van der Waals surface area contributed by atoms with Crippen LogP contribution in [0, 0.1) is 0 Å². The van der Waals surface area contributed by atoms with Gasteiger partial charge in [-0.25, -0.2) is 9.78 Å². The topological polar surface area (TPSA) is 78.1 Å². The van der Waals surface area contributed by atoms with E-state index in [2.05, 4.69) is 15.3 Å². The lowest BCUT2D eigenvalue weighted by molar-refractivity contribution is -0.130. The predicted octanol–water partition coefficient (Wildman–Crippen LogP) is 2.64. The lowest BCUT2D eigenvalue weighted by Gasteiger charge is -2.15. The van der Waals surface area contributed by atoms with Gasteiger partial charge >= 0.3 is 6.03 Å². The van der Waals surface area contributed by atoms with Gasteiger partial charge in [-0.05, 0) is 32.0 Å². The molecule has 2 aromatic rings. The van der Waals surface area contributed by atoms with Gasteiger partial charge in [-0.15, -0.1) is 0 Å². The summed E-state index contributed by atoms with van der Waals surface area (Å²) in [5.41, 5.74) is 0.881. The second-order valence-electron chi connectivity index (χ2n) is 5.56. The number of urea groups is 1. The Morgan fingerprint density at radius 2 is 2.14 bits per heavy atom. The van der Waals surface area contributed by atoms with E-state index in [-0.39, 0.29) is 11.9 Å². The van der Waals surface area contributed by atoms with Crippen molar-refractivity contribution < 1.29 is 9.59 Å². The van der Waals surface area contributed by atoms with Crippen LogP contribution in [0.5, 0.6) is 0 Å². The number of benzene rings is 1. The van der Waals surface area contributed by atoms with E-state index in [4.69, 9.17) is 11.6 Å². The van der Waals surface area contributed by atoms with Gasteiger partial charge in [0, 0.05) is 17.3 Å². The van der Waals surface area contributed by atoms with Crippen molar-refractivity contribution in [3.8, 4) is 0 Å². The molecule has 0 unspecified atom stereocenters. The highest BCUT2D eigenvalue weighted by Crippen LogP contribution is 2.23. The third kappa shape index (κ3) is 2.78. The van der Waals surface area contributed by atoms with Gasteiger partial charge in [0.25, 0.3) is 5.91 Å². The number of H-pyrrole nitrogens is 1. The van der Waals surface area contributed by atoms with E-state index in [0.717, 1.165) is 16.2 Å². The normalized spacial score (nSPS) is 17.3. The zero-order valence-corrected chi connectivity index (χ0v) is 13.7. The second-order valence-corrected chi connectivity index (χ2v) is 7.08. The standard InChI is InChI=1S/C14H15ClN4O2S/c1-14(2)11(20)19(13(21)18-14)5-6-22-12-16-9-4-3-8(15)7-10(9)17-12/h3-4,7H,5-6H2,1-2H3,(H,16,17)(H,18,21). The first-order valence-electron chi connectivity index (χ1n) is 6.79. The number of imide groups is 1. The monoisotopic (exact) mass is 338 g/mol. The van der Waals surface area contributed by atoms with Gasteiger partial charge < -0.3 is 10.3 Å². The number of carbonyl (C=O) groups is 2. The molecule has 0 saturated carbocycles. The van der Waals surface area contributed by atoms with Crippen molar-refractivity contribution in [1.82, 2.24) is 20.2 Å². The fourth-order valence-electron chi connectivity index (χ4n) is 2.28. The highest BCUT2D eigenvalue weighted by Gasteiger charge is 2.43. The van der Waals surface area contributed by atoms with Crippen LogP contribution >= 0.6 is 23.4 Å².